The highest BCUT2D eigenvalue weighted by Gasteiger charge is 2.37. The second kappa shape index (κ2) is 21.0. The van der Waals surface area contributed by atoms with E-state index in [0.29, 0.717) is 5.41 Å². The summed E-state index contributed by atoms with van der Waals surface area (Å²) in [5, 5.41) is 4.99. The molecule has 3 heteroatoms. The van der Waals surface area contributed by atoms with Gasteiger partial charge in [0.2, 0.25) is 0 Å². The van der Waals surface area contributed by atoms with Gasteiger partial charge >= 0.3 is 0 Å². The number of nitrogens with zero attached hydrogens (tertiary/aromatic N) is 1. The molecule has 4 aromatic rings. The highest BCUT2D eigenvalue weighted by atomic mass is 15.2. The fraction of sp³-hybridized carbons (Fsp3) is 0.560. The van der Waals surface area contributed by atoms with Gasteiger partial charge in [0, 0.05) is 42.6 Å². The van der Waals surface area contributed by atoms with Gasteiger partial charge in [0.15, 0.2) is 0 Å². The zero-order chi connectivity index (χ0) is 36.6. The maximum Gasteiger partial charge on any atom is 0.114 e. The molecule has 0 unspecified atom stereocenters. The number of rotatable bonds is 22. The smallest absolute Gasteiger partial charge is 0.114 e. The molecule has 2 N–H and O–H groups in total. The maximum absolute atomic E-state index is 3.95. The van der Waals surface area contributed by atoms with Crippen LogP contribution in [0.3, 0.4) is 0 Å². The Balaban J connectivity index is 1.32. The highest BCUT2D eigenvalue weighted by molar-refractivity contribution is 6.06. The summed E-state index contributed by atoms with van der Waals surface area (Å²) in [5.41, 5.74) is 10.4. The summed E-state index contributed by atoms with van der Waals surface area (Å²) in [6.07, 6.45) is 28.9. The standard InChI is InChI=1S/C50H71N3/c1-3-5-7-9-11-13-15-22-33-50(34-23-16-14-12-10-8-6-4-2)35-32-44(46(40-50)43-30-28-42(29-31-43)41-24-18-17-19-25-41)48-45-26-20-21-27-47(45)52-49(48)53-38-36-51-37-39-53/h17-21,24-31,51-52H,3-16,22-23,32-40H2,1-2H3. The summed E-state index contributed by atoms with van der Waals surface area (Å²) in [6.45, 7) is 8.84. The van der Waals surface area contributed by atoms with Crippen LogP contribution in [-0.2, 0) is 0 Å². The minimum absolute atomic E-state index is 0.392. The SMILES string of the molecule is CCCCCCCCCCC1(CCCCCCCCCC)CCC(c2c(N3CCNCC3)[nH]c3ccccc23)=C(c2ccc(-c3ccccc3)cc2)C1. The molecular weight excluding hydrogens is 643 g/mol. The molecule has 0 amide bonds. The van der Waals surface area contributed by atoms with Crippen LogP contribution in [0.25, 0.3) is 33.2 Å². The van der Waals surface area contributed by atoms with E-state index in [9.17, 15) is 0 Å². The summed E-state index contributed by atoms with van der Waals surface area (Å²) in [7, 11) is 0. The Labute approximate surface area is 323 Å². The zero-order valence-electron chi connectivity index (χ0n) is 33.6. The van der Waals surface area contributed by atoms with Gasteiger partial charge < -0.3 is 15.2 Å². The van der Waals surface area contributed by atoms with Crippen LogP contribution < -0.4 is 10.2 Å². The molecule has 0 spiro atoms. The van der Waals surface area contributed by atoms with Crippen molar-refractivity contribution in [2.75, 3.05) is 31.1 Å². The fourth-order valence-electron chi connectivity index (χ4n) is 9.54. The normalized spacial score (nSPS) is 16.2. The number of aromatic amines is 1. The molecule has 3 aromatic carbocycles. The quantitative estimate of drug-likeness (QED) is 0.0795. The van der Waals surface area contributed by atoms with Gasteiger partial charge in [-0.2, -0.15) is 0 Å². The lowest BCUT2D eigenvalue weighted by Gasteiger charge is -2.41. The van der Waals surface area contributed by atoms with E-state index >= 15 is 0 Å². The average Bonchev–Trinajstić information content (AvgIpc) is 3.60. The predicted octanol–water partition coefficient (Wildman–Crippen LogP) is 14.4. The first-order chi connectivity index (χ1) is 26.2. The van der Waals surface area contributed by atoms with E-state index in [4.69, 9.17) is 0 Å². The monoisotopic (exact) mass is 714 g/mol. The van der Waals surface area contributed by atoms with E-state index in [0.717, 1.165) is 26.2 Å². The lowest BCUT2D eigenvalue weighted by molar-refractivity contribution is 0.206. The lowest BCUT2D eigenvalue weighted by Crippen LogP contribution is -2.44. The average molecular weight is 714 g/mol. The van der Waals surface area contributed by atoms with Crippen molar-refractivity contribution in [1.29, 1.82) is 0 Å². The first kappa shape index (κ1) is 39.4. The molecule has 1 aromatic heterocycles. The summed E-state index contributed by atoms with van der Waals surface area (Å²) in [5.74, 6) is 1.35. The van der Waals surface area contributed by atoms with Crippen molar-refractivity contribution < 1.29 is 0 Å². The molecular formula is C50H71N3. The molecule has 286 valence electrons. The van der Waals surface area contributed by atoms with Crippen LogP contribution in [0.5, 0.6) is 0 Å². The summed E-state index contributed by atoms with van der Waals surface area (Å²) >= 11 is 0. The van der Waals surface area contributed by atoms with Crippen molar-refractivity contribution in [2.45, 2.75) is 149 Å². The number of hydrogen-bond donors (Lipinski definition) is 2. The van der Waals surface area contributed by atoms with Gasteiger partial charge in [-0.15, -0.1) is 0 Å². The Morgan fingerprint density at radius 3 is 1.70 bits per heavy atom. The van der Waals surface area contributed by atoms with E-state index in [1.807, 2.05) is 0 Å². The third-order valence-corrected chi connectivity index (χ3v) is 12.7. The number of unbranched alkanes of at least 4 members (excludes halogenated alkanes) is 14. The third kappa shape index (κ3) is 10.9. The minimum Gasteiger partial charge on any atom is -0.355 e. The molecule has 1 fully saturated rings. The Bertz CT molecular complexity index is 1640. The molecule has 1 aliphatic carbocycles. The van der Waals surface area contributed by atoms with Gasteiger partial charge in [-0.05, 0) is 71.4 Å². The van der Waals surface area contributed by atoms with Crippen molar-refractivity contribution in [2.24, 2.45) is 5.41 Å². The van der Waals surface area contributed by atoms with Crippen molar-refractivity contribution in [3.63, 3.8) is 0 Å². The first-order valence-electron chi connectivity index (χ1n) is 22.2. The number of piperazine rings is 1. The molecule has 0 saturated carbocycles. The second-order valence-corrected chi connectivity index (χ2v) is 16.7. The molecule has 6 rings (SSSR count). The van der Waals surface area contributed by atoms with E-state index < -0.39 is 0 Å². The van der Waals surface area contributed by atoms with Crippen molar-refractivity contribution >= 4 is 27.9 Å². The van der Waals surface area contributed by atoms with Crippen LogP contribution in [0.15, 0.2) is 78.9 Å². The van der Waals surface area contributed by atoms with Crippen LogP contribution in [-0.4, -0.2) is 31.2 Å². The van der Waals surface area contributed by atoms with E-state index in [2.05, 4.69) is 108 Å². The van der Waals surface area contributed by atoms with Crippen molar-refractivity contribution in [3.05, 3.63) is 90.0 Å². The Morgan fingerprint density at radius 2 is 1.08 bits per heavy atom. The largest absolute Gasteiger partial charge is 0.355 e. The molecule has 0 bridgehead atoms. The number of benzene rings is 3. The van der Waals surface area contributed by atoms with Crippen LogP contribution in [0.2, 0.25) is 0 Å². The Kier molecular flexibility index (Phi) is 15.6. The van der Waals surface area contributed by atoms with Gasteiger partial charge in [0.25, 0.3) is 0 Å². The Morgan fingerprint density at radius 1 is 0.547 bits per heavy atom. The van der Waals surface area contributed by atoms with Gasteiger partial charge in [-0.3, -0.25) is 0 Å². The van der Waals surface area contributed by atoms with Gasteiger partial charge in [-0.25, -0.2) is 0 Å². The fourth-order valence-corrected chi connectivity index (χ4v) is 9.54. The third-order valence-electron chi connectivity index (χ3n) is 12.7. The molecule has 2 aliphatic rings. The number of allylic oxidation sites excluding steroid dienone is 2. The number of nitrogens with one attached hydrogen (secondary N) is 2. The molecule has 53 heavy (non-hydrogen) atoms. The van der Waals surface area contributed by atoms with Gasteiger partial charge in [0.05, 0.1) is 0 Å². The topological polar surface area (TPSA) is 31.1 Å². The van der Waals surface area contributed by atoms with Crippen LogP contribution >= 0.6 is 0 Å². The van der Waals surface area contributed by atoms with Crippen molar-refractivity contribution in [1.82, 2.24) is 10.3 Å². The van der Waals surface area contributed by atoms with Gasteiger partial charge in [0.1, 0.15) is 5.82 Å². The highest BCUT2D eigenvalue weighted by Crippen LogP contribution is 2.54. The molecule has 0 radical (unpaired) electrons. The molecule has 1 saturated heterocycles. The second-order valence-electron chi connectivity index (χ2n) is 16.7. The Hall–Kier alpha value is -3.30. The minimum atomic E-state index is 0.392. The number of anilines is 1. The van der Waals surface area contributed by atoms with Crippen molar-refractivity contribution in [3.8, 4) is 11.1 Å². The maximum atomic E-state index is 3.95. The molecule has 3 nitrogen and oxygen atoms in total. The molecule has 1 aliphatic heterocycles. The lowest BCUT2D eigenvalue weighted by atomic mass is 9.64. The van der Waals surface area contributed by atoms with E-state index in [1.54, 1.807) is 11.1 Å². The molecule has 0 atom stereocenters. The summed E-state index contributed by atoms with van der Waals surface area (Å²) in [6, 6.07) is 29.7. The molecule has 2 heterocycles. The van der Waals surface area contributed by atoms with Crippen LogP contribution in [0.4, 0.5) is 5.82 Å². The number of H-pyrrole nitrogens is 1. The van der Waals surface area contributed by atoms with E-state index in [1.165, 1.54) is 174 Å². The number of para-hydroxylation sites is 1. The number of fused-ring (bicyclic) bond motifs is 1. The summed E-state index contributed by atoms with van der Waals surface area (Å²) in [4.78, 5) is 6.57. The van der Waals surface area contributed by atoms with Gasteiger partial charge in [-0.1, -0.05) is 189 Å². The predicted molar refractivity (Wildman–Crippen MR) is 233 cm³/mol. The van der Waals surface area contributed by atoms with Crippen LogP contribution in [0.1, 0.15) is 160 Å². The number of hydrogen-bond acceptors (Lipinski definition) is 2. The van der Waals surface area contributed by atoms with E-state index in [-0.39, 0.29) is 0 Å². The first-order valence-corrected chi connectivity index (χ1v) is 22.2. The number of aromatic nitrogens is 1. The zero-order valence-corrected chi connectivity index (χ0v) is 33.6. The van der Waals surface area contributed by atoms with Crippen LogP contribution in [0, 0.1) is 5.41 Å². The summed E-state index contributed by atoms with van der Waals surface area (Å²) < 4.78 is 0.